The monoisotopic (exact) mass is 229 g/mol. The summed E-state index contributed by atoms with van der Waals surface area (Å²) < 4.78 is 48.4. The van der Waals surface area contributed by atoms with Gasteiger partial charge in [0.15, 0.2) is 0 Å². The highest BCUT2D eigenvalue weighted by Crippen LogP contribution is 2.28. The maximum atomic E-state index is 12.4. The number of hydrogen-bond acceptors (Lipinski definition) is 2. The lowest BCUT2D eigenvalue weighted by Gasteiger charge is -2.36. The average molecular weight is 229 g/mol. The van der Waals surface area contributed by atoms with E-state index >= 15 is 0 Å². The van der Waals surface area contributed by atoms with Crippen molar-refractivity contribution < 1.29 is 27.5 Å². The zero-order valence-electron chi connectivity index (χ0n) is 8.69. The molecule has 0 aromatic rings. The van der Waals surface area contributed by atoms with E-state index in [1.807, 2.05) is 0 Å². The van der Waals surface area contributed by atoms with Gasteiger partial charge in [0.05, 0.1) is 0 Å². The van der Waals surface area contributed by atoms with Crippen LogP contribution in [0.2, 0.25) is 0 Å². The average Bonchev–Trinajstić information content (AvgIpc) is 2.01. The Labute approximate surface area is 85.3 Å². The standard InChI is InChI=1S/C9H13F4O2/c1-8(2,3)5(14)4-6(15)9(12,13)7(10)11/h5,7H,4H2,1-3H3/q-1. The fourth-order valence-electron chi connectivity index (χ4n) is 0.732. The second-order valence-corrected chi connectivity index (χ2v) is 4.41. The highest BCUT2D eigenvalue weighted by atomic mass is 19.3. The van der Waals surface area contributed by atoms with Gasteiger partial charge >= 0.3 is 12.3 Å². The first kappa shape index (κ1) is 14.3. The number of alkyl halides is 4. The molecular formula is C9H13F4O2-. The molecule has 6 heteroatoms. The van der Waals surface area contributed by atoms with Crippen molar-refractivity contribution >= 4 is 5.78 Å². The van der Waals surface area contributed by atoms with Gasteiger partial charge < -0.3 is 5.11 Å². The highest BCUT2D eigenvalue weighted by molar-refractivity contribution is 5.86. The Morgan fingerprint density at radius 1 is 1.27 bits per heavy atom. The SMILES string of the molecule is CC(C)(C)C([O-])CC(=O)C(F)(F)C(F)F. The molecule has 90 valence electrons. The van der Waals surface area contributed by atoms with E-state index in [4.69, 9.17) is 0 Å². The molecule has 0 saturated heterocycles. The summed E-state index contributed by atoms with van der Waals surface area (Å²) in [7, 11) is 0. The molecular weight excluding hydrogens is 216 g/mol. The lowest BCUT2D eigenvalue weighted by atomic mass is 9.85. The minimum atomic E-state index is -4.71. The first-order valence-electron chi connectivity index (χ1n) is 4.34. The molecule has 1 unspecified atom stereocenters. The van der Waals surface area contributed by atoms with Crippen molar-refractivity contribution in [1.29, 1.82) is 0 Å². The molecule has 2 nitrogen and oxygen atoms in total. The Morgan fingerprint density at radius 2 is 1.67 bits per heavy atom. The maximum absolute atomic E-state index is 12.4. The Hall–Kier alpha value is -0.650. The highest BCUT2D eigenvalue weighted by Gasteiger charge is 2.48. The van der Waals surface area contributed by atoms with Gasteiger partial charge in [-0.3, -0.25) is 4.79 Å². The molecule has 0 spiro atoms. The summed E-state index contributed by atoms with van der Waals surface area (Å²) in [5.41, 5.74) is -0.909. The molecule has 0 saturated carbocycles. The molecule has 0 fully saturated rings. The summed E-state index contributed by atoms with van der Waals surface area (Å²) in [5, 5.41) is 11.2. The second kappa shape index (κ2) is 4.47. The first-order chi connectivity index (χ1) is 6.49. The van der Waals surface area contributed by atoms with Crippen LogP contribution in [0.25, 0.3) is 0 Å². The largest absolute Gasteiger partial charge is 0.851 e. The van der Waals surface area contributed by atoms with Crippen molar-refractivity contribution in [2.75, 3.05) is 0 Å². The smallest absolute Gasteiger partial charge is 0.364 e. The normalized spacial score (nSPS) is 15.5. The topological polar surface area (TPSA) is 40.1 Å². The lowest BCUT2D eigenvalue weighted by molar-refractivity contribution is -0.442. The molecule has 0 amide bonds. The van der Waals surface area contributed by atoms with Gasteiger partial charge in [-0.15, -0.1) is 6.10 Å². The zero-order valence-corrected chi connectivity index (χ0v) is 8.69. The second-order valence-electron chi connectivity index (χ2n) is 4.41. The summed E-state index contributed by atoms with van der Waals surface area (Å²) in [6.45, 7) is 4.37. The third-order valence-electron chi connectivity index (χ3n) is 1.98. The van der Waals surface area contributed by atoms with Crippen LogP contribution < -0.4 is 5.11 Å². The fraction of sp³-hybridized carbons (Fsp3) is 0.889. The molecule has 1 atom stereocenters. The van der Waals surface area contributed by atoms with Crippen LogP contribution in [0.5, 0.6) is 0 Å². The number of carbonyl (C=O) groups excluding carboxylic acids is 1. The molecule has 0 radical (unpaired) electrons. The van der Waals surface area contributed by atoms with Gasteiger partial charge in [-0.05, 0) is 0 Å². The Kier molecular flexibility index (Phi) is 4.27. The summed E-state index contributed by atoms with van der Waals surface area (Å²) in [5.74, 6) is -6.71. The van der Waals surface area contributed by atoms with E-state index in [-0.39, 0.29) is 0 Å². The fourth-order valence-corrected chi connectivity index (χ4v) is 0.732. The molecule has 0 rings (SSSR count). The third kappa shape index (κ3) is 3.77. The van der Waals surface area contributed by atoms with Gasteiger partial charge in [-0.2, -0.15) is 8.78 Å². The van der Waals surface area contributed by atoms with Crippen LogP contribution in [-0.4, -0.2) is 24.2 Å². The minimum Gasteiger partial charge on any atom is -0.851 e. The van der Waals surface area contributed by atoms with Crippen LogP contribution in [0.15, 0.2) is 0 Å². The van der Waals surface area contributed by atoms with E-state index in [0.717, 1.165) is 0 Å². The maximum Gasteiger partial charge on any atom is 0.364 e. The predicted octanol–water partition coefficient (Wildman–Crippen LogP) is 1.62. The third-order valence-corrected chi connectivity index (χ3v) is 1.98. The quantitative estimate of drug-likeness (QED) is 0.687. The van der Waals surface area contributed by atoms with Crippen LogP contribution in [0.4, 0.5) is 17.6 Å². The van der Waals surface area contributed by atoms with Crippen molar-refractivity contribution in [3.05, 3.63) is 0 Å². The van der Waals surface area contributed by atoms with Crippen LogP contribution in [0.1, 0.15) is 27.2 Å². The van der Waals surface area contributed by atoms with E-state index in [0.29, 0.717) is 0 Å². The van der Waals surface area contributed by atoms with Gasteiger partial charge in [0.1, 0.15) is 0 Å². The Balaban J connectivity index is 4.51. The number of Topliss-reactive ketones (excluding diaryl/α,β-unsaturated/α-hetero) is 1. The number of ketones is 1. The molecule has 0 bridgehead atoms. The van der Waals surface area contributed by atoms with E-state index in [1.54, 1.807) is 0 Å². The molecule has 0 aromatic carbocycles. The molecule has 15 heavy (non-hydrogen) atoms. The zero-order chi connectivity index (χ0) is 12.4. The molecule has 0 aliphatic heterocycles. The number of carbonyl (C=O) groups is 1. The van der Waals surface area contributed by atoms with E-state index < -0.39 is 36.1 Å². The summed E-state index contributed by atoms with van der Waals surface area (Å²) in [6.07, 6.45) is -6.76. The van der Waals surface area contributed by atoms with Crippen molar-refractivity contribution in [2.24, 2.45) is 5.41 Å². The number of hydrogen-bond donors (Lipinski definition) is 0. The van der Waals surface area contributed by atoms with Gasteiger partial charge in [0.2, 0.25) is 5.78 Å². The van der Waals surface area contributed by atoms with E-state index in [9.17, 15) is 27.5 Å². The molecule has 0 heterocycles. The van der Waals surface area contributed by atoms with E-state index in [2.05, 4.69) is 0 Å². The van der Waals surface area contributed by atoms with Crippen molar-refractivity contribution in [3.63, 3.8) is 0 Å². The Bertz CT molecular complexity index is 233. The number of rotatable bonds is 4. The molecule has 0 aliphatic carbocycles. The summed E-state index contributed by atoms with van der Waals surface area (Å²) in [6, 6.07) is 0. The van der Waals surface area contributed by atoms with Gasteiger partial charge in [0.25, 0.3) is 0 Å². The van der Waals surface area contributed by atoms with Crippen LogP contribution in [0, 0.1) is 5.41 Å². The summed E-state index contributed by atoms with van der Waals surface area (Å²) >= 11 is 0. The van der Waals surface area contributed by atoms with Crippen molar-refractivity contribution in [2.45, 2.75) is 45.6 Å². The molecule has 0 aliphatic rings. The first-order valence-corrected chi connectivity index (χ1v) is 4.34. The lowest BCUT2D eigenvalue weighted by Crippen LogP contribution is -2.45. The summed E-state index contributed by atoms with van der Waals surface area (Å²) in [4.78, 5) is 10.7. The van der Waals surface area contributed by atoms with Crippen molar-refractivity contribution in [3.8, 4) is 0 Å². The van der Waals surface area contributed by atoms with Gasteiger partial charge in [0, 0.05) is 6.42 Å². The number of halogens is 4. The van der Waals surface area contributed by atoms with Crippen molar-refractivity contribution in [1.82, 2.24) is 0 Å². The Morgan fingerprint density at radius 3 is 1.93 bits per heavy atom. The van der Waals surface area contributed by atoms with Crippen LogP contribution >= 0.6 is 0 Å². The van der Waals surface area contributed by atoms with Gasteiger partial charge in [-0.25, -0.2) is 8.78 Å². The molecule has 0 aromatic heterocycles. The van der Waals surface area contributed by atoms with Gasteiger partial charge in [-0.1, -0.05) is 26.2 Å². The van der Waals surface area contributed by atoms with E-state index in [1.165, 1.54) is 20.8 Å². The van der Waals surface area contributed by atoms with Crippen LogP contribution in [-0.2, 0) is 4.79 Å². The minimum absolute atomic E-state index is 0.909. The molecule has 0 N–H and O–H groups in total. The predicted molar refractivity (Wildman–Crippen MR) is 43.8 cm³/mol. The van der Waals surface area contributed by atoms with Crippen LogP contribution in [0.3, 0.4) is 0 Å².